The lowest BCUT2D eigenvalue weighted by Gasteiger charge is -2.35. The van der Waals surface area contributed by atoms with E-state index in [0.717, 1.165) is 37.5 Å². The Labute approximate surface area is 158 Å². The van der Waals surface area contributed by atoms with Crippen LogP contribution in [-0.2, 0) is 19.6 Å². The number of esters is 1. The normalized spacial score (nSPS) is 24.1. The molecular formula is C18H25FN2O5S. The highest BCUT2D eigenvalue weighted by Gasteiger charge is 2.30. The molecule has 0 bridgehead atoms. The number of hydrogen-bond acceptors (Lipinski definition) is 5. The van der Waals surface area contributed by atoms with Crippen LogP contribution in [0.25, 0.3) is 0 Å². The Morgan fingerprint density at radius 3 is 2.59 bits per heavy atom. The fraction of sp³-hybridized carbons (Fsp3) is 0.556. The standard InChI is InChI=1S/C18H25FN2O5S/c1-10-5-4-6-16(11(10)2)21-17(22)12(3)26-18(23)14-9-13(27(20,24)25)7-8-15(14)19/h7-12,16H,4-6H2,1-3H3,(H,21,22)(H2,20,24,25)/t10-,11-,12-,16+/m1/s1. The van der Waals surface area contributed by atoms with Crippen molar-refractivity contribution in [2.75, 3.05) is 0 Å². The highest BCUT2D eigenvalue weighted by Crippen LogP contribution is 2.29. The van der Waals surface area contributed by atoms with Crippen LogP contribution in [0.1, 0.15) is 50.4 Å². The molecule has 0 heterocycles. The summed E-state index contributed by atoms with van der Waals surface area (Å²) in [5.41, 5.74) is -0.596. The minimum Gasteiger partial charge on any atom is -0.449 e. The van der Waals surface area contributed by atoms with Crippen molar-refractivity contribution in [1.82, 2.24) is 5.32 Å². The Bertz CT molecular complexity index is 827. The minimum absolute atomic E-state index is 0.00940. The number of ether oxygens (including phenoxy) is 1. The predicted octanol–water partition coefficient (Wildman–Crippen LogP) is 1.96. The second-order valence-corrected chi connectivity index (χ2v) is 8.68. The summed E-state index contributed by atoms with van der Waals surface area (Å²) in [4.78, 5) is 24.1. The van der Waals surface area contributed by atoms with Crippen LogP contribution < -0.4 is 10.5 Å². The first-order valence-corrected chi connectivity index (χ1v) is 10.4. The Hall–Kier alpha value is -2.00. The van der Waals surface area contributed by atoms with E-state index in [-0.39, 0.29) is 6.04 Å². The van der Waals surface area contributed by atoms with Crippen molar-refractivity contribution in [2.24, 2.45) is 17.0 Å². The highest BCUT2D eigenvalue weighted by atomic mass is 32.2. The monoisotopic (exact) mass is 400 g/mol. The van der Waals surface area contributed by atoms with E-state index in [1.807, 2.05) is 0 Å². The Kier molecular flexibility index (Phi) is 6.59. The molecule has 1 aliphatic carbocycles. The summed E-state index contributed by atoms with van der Waals surface area (Å²) >= 11 is 0. The molecule has 1 aliphatic rings. The molecule has 2 rings (SSSR count). The number of carbonyl (C=O) groups is 2. The number of nitrogens with one attached hydrogen (secondary N) is 1. The molecule has 27 heavy (non-hydrogen) atoms. The molecule has 0 aliphatic heterocycles. The number of hydrogen-bond donors (Lipinski definition) is 2. The van der Waals surface area contributed by atoms with Crippen LogP contribution in [0.5, 0.6) is 0 Å². The van der Waals surface area contributed by atoms with Crippen LogP contribution in [0.15, 0.2) is 23.1 Å². The van der Waals surface area contributed by atoms with Gasteiger partial charge in [0.25, 0.3) is 5.91 Å². The van der Waals surface area contributed by atoms with Gasteiger partial charge in [0.05, 0.1) is 10.5 Å². The molecule has 1 fully saturated rings. The number of sulfonamides is 1. The maximum absolute atomic E-state index is 13.9. The molecule has 0 radical (unpaired) electrons. The maximum atomic E-state index is 13.9. The average Bonchev–Trinajstić information content (AvgIpc) is 2.58. The van der Waals surface area contributed by atoms with Crippen LogP contribution in [0.4, 0.5) is 4.39 Å². The van der Waals surface area contributed by atoms with E-state index >= 15 is 0 Å². The SMILES string of the molecule is C[C@@H]1[C@H](C)CCC[C@@H]1NC(=O)[C@@H](C)OC(=O)c1cc(S(N)(=O)=O)ccc1F. The molecule has 0 saturated heterocycles. The summed E-state index contributed by atoms with van der Waals surface area (Å²) in [7, 11) is -4.10. The van der Waals surface area contributed by atoms with Gasteiger partial charge in [0.1, 0.15) is 5.82 Å². The lowest BCUT2D eigenvalue weighted by atomic mass is 9.78. The first kappa shape index (κ1) is 21.3. The summed E-state index contributed by atoms with van der Waals surface area (Å²) in [6.45, 7) is 5.58. The van der Waals surface area contributed by atoms with Crippen LogP contribution >= 0.6 is 0 Å². The van der Waals surface area contributed by atoms with E-state index in [2.05, 4.69) is 19.2 Å². The molecule has 150 valence electrons. The number of primary sulfonamides is 1. The van der Waals surface area contributed by atoms with Crippen LogP contribution in [-0.4, -0.2) is 32.4 Å². The third-order valence-corrected chi connectivity index (χ3v) is 6.08. The quantitative estimate of drug-likeness (QED) is 0.733. The van der Waals surface area contributed by atoms with Gasteiger partial charge in [-0.3, -0.25) is 4.79 Å². The van der Waals surface area contributed by atoms with Gasteiger partial charge < -0.3 is 10.1 Å². The van der Waals surface area contributed by atoms with Crippen LogP contribution in [0, 0.1) is 17.7 Å². The van der Waals surface area contributed by atoms with Gasteiger partial charge >= 0.3 is 5.97 Å². The smallest absolute Gasteiger partial charge is 0.341 e. The second kappa shape index (κ2) is 8.35. The van der Waals surface area contributed by atoms with Crippen molar-refractivity contribution in [1.29, 1.82) is 0 Å². The lowest BCUT2D eigenvalue weighted by Crippen LogP contribution is -2.47. The third kappa shape index (κ3) is 5.26. The fourth-order valence-electron chi connectivity index (χ4n) is 3.20. The largest absolute Gasteiger partial charge is 0.449 e. The fourth-order valence-corrected chi connectivity index (χ4v) is 3.74. The van der Waals surface area contributed by atoms with E-state index in [0.29, 0.717) is 11.8 Å². The van der Waals surface area contributed by atoms with E-state index in [4.69, 9.17) is 9.88 Å². The summed E-state index contributed by atoms with van der Waals surface area (Å²) in [5.74, 6) is -1.79. The maximum Gasteiger partial charge on any atom is 0.341 e. The van der Waals surface area contributed by atoms with Crippen molar-refractivity contribution >= 4 is 21.9 Å². The Morgan fingerprint density at radius 2 is 1.96 bits per heavy atom. The molecule has 9 heteroatoms. The van der Waals surface area contributed by atoms with Gasteiger partial charge in [-0.25, -0.2) is 22.7 Å². The molecule has 7 nitrogen and oxygen atoms in total. The molecule has 0 spiro atoms. The number of carbonyl (C=O) groups excluding carboxylic acids is 2. The van der Waals surface area contributed by atoms with Crippen LogP contribution in [0.2, 0.25) is 0 Å². The van der Waals surface area contributed by atoms with Crippen molar-refractivity contribution in [3.63, 3.8) is 0 Å². The van der Waals surface area contributed by atoms with Gasteiger partial charge in [-0.05, 0) is 43.4 Å². The molecule has 3 N–H and O–H groups in total. The second-order valence-electron chi connectivity index (χ2n) is 7.12. The summed E-state index contributed by atoms with van der Waals surface area (Å²) in [6, 6.07) is 2.54. The number of halogens is 1. The number of amides is 1. The average molecular weight is 400 g/mol. The van der Waals surface area contributed by atoms with Gasteiger partial charge in [0.15, 0.2) is 6.10 Å². The molecule has 1 aromatic carbocycles. The van der Waals surface area contributed by atoms with Gasteiger partial charge in [0.2, 0.25) is 10.0 Å². The number of rotatable bonds is 5. The van der Waals surface area contributed by atoms with Gasteiger partial charge in [-0.1, -0.05) is 26.7 Å². The van der Waals surface area contributed by atoms with E-state index in [9.17, 15) is 22.4 Å². The predicted molar refractivity (Wildman–Crippen MR) is 96.8 cm³/mol. The molecule has 1 amide bonds. The van der Waals surface area contributed by atoms with E-state index in [1.54, 1.807) is 0 Å². The topological polar surface area (TPSA) is 116 Å². The first-order chi connectivity index (χ1) is 12.5. The number of nitrogens with two attached hydrogens (primary N) is 1. The molecule has 1 aromatic rings. The van der Waals surface area contributed by atoms with Crippen LogP contribution in [0.3, 0.4) is 0 Å². The zero-order valence-electron chi connectivity index (χ0n) is 15.6. The summed E-state index contributed by atoms with van der Waals surface area (Å²) in [6.07, 6.45) is 1.82. The summed E-state index contributed by atoms with van der Waals surface area (Å²) < 4.78 is 41.6. The van der Waals surface area contributed by atoms with Crippen molar-refractivity contribution in [3.8, 4) is 0 Å². The van der Waals surface area contributed by atoms with Gasteiger partial charge in [-0.2, -0.15) is 0 Å². The molecule has 0 aromatic heterocycles. The highest BCUT2D eigenvalue weighted by molar-refractivity contribution is 7.89. The lowest BCUT2D eigenvalue weighted by molar-refractivity contribution is -0.130. The van der Waals surface area contributed by atoms with Crippen molar-refractivity contribution in [3.05, 3.63) is 29.6 Å². The Morgan fingerprint density at radius 1 is 1.30 bits per heavy atom. The number of benzene rings is 1. The molecular weight excluding hydrogens is 375 g/mol. The molecule has 0 unspecified atom stereocenters. The molecule has 4 atom stereocenters. The van der Waals surface area contributed by atoms with E-state index < -0.39 is 44.3 Å². The third-order valence-electron chi connectivity index (χ3n) is 5.17. The molecule has 1 saturated carbocycles. The van der Waals surface area contributed by atoms with Gasteiger partial charge in [-0.15, -0.1) is 0 Å². The van der Waals surface area contributed by atoms with Crippen molar-refractivity contribution in [2.45, 2.75) is 57.1 Å². The first-order valence-electron chi connectivity index (χ1n) is 8.84. The zero-order chi connectivity index (χ0) is 20.4. The zero-order valence-corrected chi connectivity index (χ0v) is 16.4. The van der Waals surface area contributed by atoms with Crippen molar-refractivity contribution < 1.29 is 27.1 Å². The minimum atomic E-state index is -4.10. The summed E-state index contributed by atoms with van der Waals surface area (Å²) in [5, 5.41) is 7.87. The van der Waals surface area contributed by atoms with Gasteiger partial charge in [0, 0.05) is 6.04 Å². The van der Waals surface area contributed by atoms with E-state index in [1.165, 1.54) is 6.92 Å². The Balaban J connectivity index is 2.06.